The number of rotatable bonds is 7. The number of halogens is 2. The summed E-state index contributed by atoms with van der Waals surface area (Å²) in [6.45, 7) is 5.27. The van der Waals surface area contributed by atoms with Gasteiger partial charge in [-0.2, -0.15) is 5.10 Å². The second-order valence-corrected chi connectivity index (χ2v) is 20.6. The molecule has 3 aromatic carbocycles. The van der Waals surface area contributed by atoms with Crippen molar-refractivity contribution in [2.45, 2.75) is 53.8 Å². The number of aromatic nitrogens is 15. The number of nitrogen functional groups attached to an aromatic ring is 2. The Balaban J connectivity index is 0.000000185. The molecule has 89 heavy (non-hydrogen) atoms. The third-order valence-electron chi connectivity index (χ3n) is 13.5. The Morgan fingerprint density at radius 1 is 0.584 bits per heavy atom. The summed E-state index contributed by atoms with van der Waals surface area (Å²) in [4.78, 5) is 85.8. The Hall–Kier alpha value is -11.0. The van der Waals surface area contributed by atoms with E-state index < -0.39 is 23.9 Å². The number of anilines is 2. The molecule has 0 saturated carbocycles. The Morgan fingerprint density at radius 2 is 1.03 bits per heavy atom. The predicted molar refractivity (Wildman–Crippen MR) is 346 cm³/mol. The number of terminal acetylenes is 1. The van der Waals surface area contributed by atoms with Crippen LogP contribution in [0.2, 0.25) is 10.0 Å². The molecule has 9 heterocycles. The second kappa shape index (κ2) is 27.6. The molecule has 12 aromatic rings. The van der Waals surface area contributed by atoms with Crippen molar-refractivity contribution in [2.24, 2.45) is 41.0 Å². The lowest BCUT2D eigenvalue weighted by Gasteiger charge is -2.17. The van der Waals surface area contributed by atoms with Gasteiger partial charge in [-0.25, -0.2) is 34.0 Å². The van der Waals surface area contributed by atoms with Crippen LogP contribution in [0.5, 0.6) is 0 Å². The summed E-state index contributed by atoms with van der Waals surface area (Å²) < 4.78 is 10.7. The number of hydrogen-bond donors (Lipinski definition) is 5. The minimum absolute atomic E-state index is 0. The van der Waals surface area contributed by atoms with Gasteiger partial charge in [0, 0.05) is 89.7 Å². The minimum atomic E-state index is -0.596. The Morgan fingerprint density at radius 3 is 1.46 bits per heavy atom. The number of hydrogen-bond acceptors (Lipinski definition) is 16. The van der Waals surface area contributed by atoms with Gasteiger partial charge in [0.15, 0.2) is 22.9 Å². The standard InChI is InChI=1S/C25H22N8O2.C18H16ClN7O2.C11H12ClN3O.C6H6N2.2CH4/c1-15(28-24(34)20-21(26)30-33-12-5-11-27-23(20)33)22-29-18-7-4-6-17(19(18)25(35)32(22)3)9-8-16-10-13-31(2)14-16;1-9(15-23-11-6-3-5-10(19)12(11)18(28)25(15)2)22-17(27)13-14(20)24-26-8-4-7-21-16(13)26;1-6(13)10-14-8-5-3-4-7(12)9(8)11(16)15(10)2;1-3-6-4-7-8(2)5-6;;/h4-7,10-15H,1-3H3,(H2,26,30)(H,28,34);3-9H,1-2H3,(H2,20,24)(H,22,27);3-6H,13H2,1-2H3;1,4-5H,2H3;2*1H4/t15-;9-;6-;;;/m000.../s1. The molecule has 0 saturated heterocycles. The van der Waals surface area contributed by atoms with E-state index in [2.05, 4.69) is 68.6 Å². The lowest BCUT2D eigenvalue weighted by molar-refractivity contribution is 0.0931. The van der Waals surface area contributed by atoms with Crippen molar-refractivity contribution in [1.29, 1.82) is 0 Å². The fourth-order valence-corrected chi connectivity index (χ4v) is 9.81. The molecule has 12 rings (SSSR count). The molecule has 27 heteroatoms. The molecule has 0 fully saturated rings. The van der Waals surface area contributed by atoms with Crippen LogP contribution < -0.4 is 44.5 Å². The summed E-state index contributed by atoms with van der Waals surface area (Å²) in [6.07, 6.45) is 18.7. The van der Waals surface area contributed by atoms with Gasteiger partial charge in [-0.3, -0.25) is 42.4 Å². The van der Waals surface area contributed by atoms with Crippen molar-refractivity contribution < 1.29 is 9.59 Å². The maximum absolute atomic E-state index is 13.3. The number of benzene rings is 3. The first-order chi connectivity index (χ1) is 41.6. The monoisotopic (exact) mass is 1240 g/mol. The topological polar surface area (TPSA) is 324 Å². The number of nitrogens with one attached hydrogen (secondary N) is 2. The summed E-state index contributed by atoms with van der Waals surface area (Å²) in [5, 5.41) is 19.7. The molecule has 0 aliphatic heterocycles. The highest BCUT2D eigenvalue weighted by atomic mass is 35.5. The summed E-state index contributed by atoms with van der Waals surface area (Å²) in [7, 11) is 8.61. The van der Waals surface area contributed by atoms with Crippen molar-refractivity contribution >= 4 is 90.7 Å². The Kier molecular flexibility index (Phi) is 20.3. The third-order valence-corrected chi connectivity index (χ3v) is 14.2. The van der Waals surface area contributed by atoms with E-state index in [1.54, 1.807) is 144 Å². The van der Waals surface area contributed by atoms with Gasteiger partial charge in [0.1, 0.15) is 28.6 Å². The third kappa shape index (κ3) is 13.7. The first kappa shape index (κ1) is 65.6. The van der Waals surface area contributed by atoms with Crippen LogP contribution in [-0.4, -0.2) is 84.0 Å². The van der Waals surface area contributed by atoms with E-state index in [9.17, 15) is 24.0 Å². The van der Waals surface area contributed by atoms with E-state index in [1.807, 2.05) is 43.2 Å². The number of nitrogens with two attached hydrogens (primary N) is 3. The molecule has 9 aromatic heterocycles. The van der Waals surface area contributed by atoms with Crippen LogP contribution in [0.4, 0.5) is 11.6 Å². The molecule has 456 valence electrons. The molecule has 0 unspecified atom stereocenters. The lowest BCUT2D eigenvalue weighted by Crippen LogP contribution is -2.33. The van der Waals surface area contributed by atoms with Crippen molar-refractivity contribution in [3.8, 4) is 24.2 Å². The summed E-state index contributed by atoms with van der Waals surface area (Å²) >= 11 is 12.1. The highest BCUT2D eigenvalue weighted by Crippen LogP contribution is 2.24. The van der Waals surface area contributed by atoms with Gasteiger partial charge in [0.05, 0.1) is 72.6 Å². The quantitative estimate of drug-likeness (QED) is 0.103. The zero-order valence-electron chi connectivity index (χ0n) is 48.1. The normalized spacial score (nSPS) is 11.7. The molecule has 0 bridgehead atoms. The van der Waals surface area contributed by atoms with E-state index in [0.29, 0.717) is 77.1 Å². The molecule has 25 nitrogen and oxygen atoms in total. The molecular weight excluding hydrogens is 1180 g/mol. The van der Waals surface area contributed by atoms with E-state index >= 15 is 0 Å². The first-order valence-electron chi connectivity index (χ1n) is 26.5. The van der Waals surface area contributed by atoms with E-state index in [4.69, 9.17) is 46.8 Å². The van der Waals surface area contributed by atoms with E-state index in [-0.39, 0.29) is 60.3 Å². The highest BCUT2D eigenvalue weighted by Gasteiger charge is 2.26. The van der Waals surface area contributed by atoms with Gasteiger partial charge in [-0.1, -0.05) is 74.0 Å². The van der Waals surface area contributed by atoms with Crippen molar-refractivity contribution in [1.82, 2.24) is 82.8 Å². The molecule has 2 amide bonds. The maximum atomic E-state index is 13.3. The molecule has 0 spiro atoms. The fraction of sp³-hybridized carbons (Fsp3) is 0.210. The van der Waals surface area contributed by atoms with Crippen LogP contribution in [0.1, 0.15) is 109 Å². The zero-order chi connectivity index (χ0) is 62.5. The minimum Gasteiger partial charge on any atom is -0.381 e. The average molecular weight is 1240 g/mol. The smallest absolute Gasteiger partial charge is 0.262 e. The highest BCUT2D eigenvalue weighted by molar-refractivity contribution is 6.35. The fourth-order valence-electron chi connectivity index (χ4n) is 9.31. The van der Waals surface area contributed by atoms with Crippen molar-refractivity contribution in [3.05, 3.63) is 209 Å². The second-order valence-electron chi connectivity index (χ2n) is 19.8. The van der Waals surface area contributed by atoms with Gasteiger partial charge in [-0.05, 0) is 75.4 Å². The SMILES string of the molecule is C.C.C#Cc1cnn(C)c1.C[C@H](N)c1nc2cccc(Cl)c2c(=O)n1C.C[C@H](NC(=O)c1c(N)nn2cccnc12)c1nc2cccc(C#Cc3ccn(C)c3)c2c(=O)n1C.C[C@H](NC(=O)c1c(N)nn2cccnc12)c1nc2cccc(Cl)c2c(=O)n1C. The predicted octanol–water partition coefficient (Wildman–Crippen LogP) is 6.77. The van der Waals surface area contributed by atoms with Gasteiger partial charge < -0.3 is 32.4 Å². The molecule has 8 N–H and O–H groups in total. The van der Waals surface area contributed by atoms with Crippen LogP contribution >= 0.6 is 23.2 Å². The van der Waals surface area contributed by atoms with Crippen LogP contribution in [0.3, 0.4) is 0 Å². The van der Waals surface area contributed by atoms with Gasteiger partial charge in [-0.15, -0.1) is 16.6 Å². The molecule has 0 aliphatic carbocycles. The van der Waals surface area contributed by atoms with E-state index in [1.165, 1.54) is 22.7 Å². The number of carbonyl (C=O) groups is 2. The number of aryl methyl sites for hydroxylation is 2. The van der Waals surface area contributed by atoms with Crippen molar-refractivity contribution in [2.75, 3.05) is 11.5 Å². The van der Waals surface area contributed by atoms with Crippen molar-refractivity contribution in [3.63, 3.8) is 0 Å². The summed E-state index contributed by atoms with van der Waals surface area (Å²) in [6, 6.07) is 19.4. The molecule has 0 radical (unpaired) electrons. The molecular formula is C62H64Cl2N20O5. The maximum Gasteiger partial charge on any atom is 0.262 e. The first-order valence-corrected chi connectivity index (χ1v) is 27.3. The number of fused-ring (bicyclic) bond motifs is 5. The summed E-state index contributed by atoms with van der Waals surface area (Å²) in [5.74, 6) is 9.20. The zero-order valence-corrected chi connectivity index (χ0v) is 49.6. The van der Waals surface area contributed by atoms with Crippen LogP contribution in [-0.2, 0) is 35.2 Å². The van der Waals surface area contributed by atoms with Gasteiger partial charge >= 0.3 is 0 Å². The van der Waals surface area contributed by atoms with Crippen LogP contribution in [0.15, 0.2) is 137 Å². The largest absolute Gasteiger partial charge is 0.381 e. The number of amides is 2. The average Bonchev–Trinajstić information content (AvgIpc) is 1.70. The Bertz CT molecular complexity index is 4960. The van der Waals surface area contributed by atoms with Gasteiger partial charge in [0.2, 0.25) is 0 Å². The lowest BCUT2D eigenvalue weighted by atomic mass is 10.1. The van der Waals surface area contributed by atoms with E-state index in [0.717, 1.165) is 11.1 Å². The molecule has 3 atom stereocenters. The van der Waals surface area contributed by atoms with Crippen LogP contribution in [0.25, 0.3) is 44.0 Å². The van der Waals surface area contributed by atoms with Crippen LogP contribution in [0, 0.1) is 24.2 Å². The van der Waals surface area contributed by atoms with Gasteiger partial charge in [0.25, 0.3) is 28.5 Å². The summed E-state index contributed by atoms with van der Waals surface area (Å²) in [5.41, 5.74) is 21.8. The number of carbonyl (C=O) groups excluding carboxylic acids is 2. The molecule has 0 aliphatic rings. The Labute approximate surface area is 519 Å². The number of nitrogens with zero attached hydrogens (tertiary/aromatic N) is 15.